The topological polar surface area (TPSA) is 77.0 Å². The zero-order valence-corrected chi connectivity index (χ0v) is 15.2. The molecule has 7 heteroatoms. The summed E-state index contributed by atoms with van der Waals surface area (Å²) in [7, 11) is 0. The SMILES string of the molecule is Cc1ncc2ccc(-c3cnc(NC(=O)C4CC5(COC5)C4)s3)cc2n1. The lowest BCUT2D eigenvalue weighted by Crippen LogP contribution is -2.54. The molecule has 0 unspecified atom stereocenters. The van der Waals surface area contributed by atoms with Crippen molar-refractivity contribution in [1.82, 2.24) is 15.0 Å². The second-order valence-electron chi connectivity index (χ2n) is 7.31. The van der Waals surface area contributed by atoms with Crippen molar-refractivity contribution in [3.8, 4) is 10.4 Å². The average Bonchev–Trinajstić information content (AvgIpc) is 3.00. The molecule has 26 heavy (non-hydrogen) atoms. The molecule has 1 aromatic carbocycles. The summed E-state index contributed by atoms with van der Waals surface area (Å²) < 4.78 is 5.27. The number of ether oxygens (including phenoxy) is 1. The van der Waals surface area contributed by atoms with Gasteiger partial charge in [-0.15, -0.1) is 0 Å². The van der Waals surface area contributed by atoms with Gasteiger partial charge in [0.25, 0.3) is 0 Å². The maximum absolute atomic E-state index is 12.4. The Hall–Kier alpha value is -2.38. The number of hydrogen-bond acceptors (Lipinski definition) is 6. The van der Waals surface area contributed by atoms with Crippen molar-refractivity contribution in [3.63, 3.8) is 0 Å². The van der Waals surface area contributed by atoms with Gasteiger partial charge in [-0.05, 0) is 31.4 Å². The van der Waals surface area contributed by atoms with Crippen LogP contribution in [0.15, 0.2) is 30.6 Å². The molecule has 1 aliphatic carbocycles. The van der Waals surface area contributed by atoms with Gasteiger partial charge in [-0.3, -0.25) is 4.79 Å². The van der Waals surface area contributed by atoms with E-state index in [1.54, 1.807) is 6.20 Å². The molecule has 2 aromatic heterocycles. The third-order valence-electron chi connectivity index (χ3n) is 5.27. The van der Waals surface area contributed by atoms with Gasteiger partial charge in [0, 0.05) is 29.1 Å². The number of aromatic nitrogens is 3. The van der Waals surface area contributed by atoms with E-state index >= 15 is 0 Å². The van der Waals surface area contributed by atoms with Crippen molar-refractivity contribution in [2.45, 2.75) is 19.8 Å². The fourth-order valence-electron chi connectivity index (χ4n) is 3.74. The molecular weight excluding hydrogens is 348 g/mol. The lowest BCUT2D eigenvalue weighted by Gasteiger charge is -2.52. The number of fused-ring (bicyclic) bond motifs is 1. The monoisotopic (exact) mass is 366 g/mol. The van der Waals surface area contributed by atoms with E-state index in [4.69, 9.17) is 4.74 Å². The highest BCUT2D eigenvalue weighted by Crippen LogP contribution is 2.51. The molecule has 1 aliphatic heterocycles. The van der Waals surface area contributed by atoms with E-state index in [1.807, 2.05) is 31.3 Å². The molecule has 2 fully saturated rings. The maximum Gasteiger partial charge on any atom is 0.229 e. The van der Waals surface area contributed by atoms with E-state index in [0.29, 0.717) is 10.5 Å². The second-order valence-corrected chi connectivity index (χ2v) is 8.34. The number of carbonyl (C=O) groups is 1. The highest BCUT2D eigenvalue weighted by atomic mass is 32.1. The molecule has 1 saturated heterocycles. The molecule has 1 spiro atoms. The number of aryl methyl sites for hydroxylation is 1. The molecule has 1 amide bonds. The predicted molar refractivity (Wildman–Crippen MR) is 100.0 cm³/mol. The van der Waals surface area contributed by atoms with Crippen molar-refractivity contribution in [2.24, 2.45) is 11.3 Å². The molecule has 3 aromatic rings. The molecule has 5 rings (SSSR count). The van der Waals surface area contributed by atoms with Crippen LogP contribution in [0, 0.1) is 18.3 Å². The summed E-state index contributed by atoms with van der Waals surface area (Å²) in [6.45, 7) is 3.50. The molecule has 132 valence electrons. The van der Waals surface area contributed by atoms with Crippen LogP contribution in [-0.4, -0.2) is 34.1 Å². The van der Waals surface area contributed by atoms with E-state index in [1.165, 1.54) is 11.3 Å². The Bertz CT molecular complexity index is 1000. The van der Waals surface area contributed by atoms with Gasteiger partial charge in [0.2, 0.25) is 5.91 Å². The van der Waals surface area contributed by atoms with Crippen molar-refractivity contribution in [1.29, 1.82) is 0 Å². The summed E-state index contributed by atoms with van der Waals surface area (Å²) in [5.41, 5.74) is 2.25. The molecule has 6 nitrogen and oxygen atoms in total. The van der Waals surface area contributed by atoms with E-state index in [0.717, 1.165) is 53.2 Å². The molecule has 0 bridgehead atoms. The largest absolute Gasteiger partial charge is 0.380 e. The van der Waals surface area contributed by atoms with Crippen molar-refractivity contribution in [2.75, 3.05) is 18.5 Å². The van der Waals surface area contributed by atoms with Crippen LogP contribution in [0.25, 0.3) is 21.3 Å². The normalized spacial score (nSPS) is 18.5. The smallest absolute Gasteiger partial charge is 0.229 e. The highest BCUT2D eigenvalue weighted by Gasteiger charge is 2.52. The van der Waals surface area contributed by atoms with Gasteiger partial charge < -0.3 is 10.1 Å². The number of rotatable bonds is 3. The van der Waals surface area contributed by atoms with Gasteiger partial charge in [-0.2, -0.15) is 0 Å². The minimum Gasteiger partial charge on any atom is -0.380 e. The average molecular weight is 366 g/mol. The third-order valence-corrected chi connectivity index (χ3v) is 6.23. The van der Waals surface area contributed by atoms with Gasteiger partial charge in [0.15, 0.2) is 5.13 Å². The lowest BCUT2D eigenvalue weighted by atomic mass is 9.60. The number of anilines is 1. The van der Waals surface area contributed by atoms with Crippen LogP contribution in [0.2, 0.25) is 0 Å². The minimum absolute atomic E-state index is 0.0744. The molecule has 3 heterocycles. The molecule has 0 radical (unpaired) electrons. The first-order valence-corrected chi connectivity index (χ1v) is 9.50. The second kappa shape index (κ2) is 5.82. The summed E-state index contributed by atoms with van der Waals surface area (Å²) in [5.74, 6) is 0.916. The molecular formula is C19H18N4O2S. The lowest BCUT2D eigenvalue weighted by molar-refractivity contribution is -0.181. The van der Waals surface area contributed by atoms with Crippen molar-refractivity contribution < 1.29 is 9.53 Å². The Morgan fingerprint density at radius 2 is 2.12 bits per heavy atom. The minimum atomic E-state index is 0.0744. The van der Waals surface area contributed by atoms with E-state index < -0.39 is 0 Å². The summed E-state index contributed by atoms with van der Waals surface area (Å²) >= 11 is 1.49. The van der Waals surface area contributed by atoms with Crippen molar-refractivity contribution >= 4 is 33.3 Å². The number of thiazole rings is 1. The quantitative estimate of drug-likeness (QED) is 0.768. The van der Waals surface area contributed by atoms with Gasteiger partial charge in [0.05, 0.1) is 23.6 Å². The third kappa shape index (κ3) is 2.68. The van der Waals surface area contributed by atoms with E-state index in [-0.39, 0.29) is 11.8 Å². The predicted octanol–water partition coefficient (Wildman–Crippen LogP) is 3.43. The fraction of sp³-hybridized carbons (Fsp3) is 0.368. The van der Waals surface area contributed by atoms with Crippen LogP contribution in [0.5, 0.6) is 0 Å². The van der Waals surface area contributed by atoms with E-state index in [9.17, 15) is 4.79 Å². The van der Waals surface area contributed by atoms with Gasteiger partial charge in [-0.25, -0.2) is 15.0 Å². The number of hydrogen-bond donors (Lipinski definition) is 1. The van der Waals surface area contributed by atoms with Crippen LogP contribution in [0.1, 0.15) is 18.7 Å². The zero-order valence-electron chi connectivity index (χ0n) is 14.4. The standard InChI is InChI=1S/C19H18N4O2S/c1-11-20-7-13-3-2-12(4-15(13)22-11)16-8-21-18(26-16)23-17(24)14-5-19(6-14)9-25-10-19/h2-4,7-8,14H,5-6,9-10H2,1H3,(H,21,23,24). The Balaban J connectivity index is 1.31. The first-order chi connectivity index (χ1) is 12.6. The van der Waals surface area contributed by atoms with E-state index in [2.05, 4.69) is 20.3 Å². The molecule has 2 aliphatic rings. The zero-order chi connectivity index (χ0) is 17.7. The summed E-state index contributed by atoms with van der Waals surface area (Å²) in [6, 6.07) is 6.08. The van der Waals surface area contributed by atoms with Crippen LogP contribution < -0.4 is 5.32 Å². The Kier molecular flexibility index (Phi) is 3.55. The Morgan fingerprint density at radius 3 is 2.88 bits per heavy atom. The van der Waals surface area contributed by atoms with Crippen LogP contribution in [0.3, 0.4) is 0 Å². The Morgan fingerprint density at radius 1 is 1.27 bits per heavy atom. The van der Waals surface area contributed by atoms with Crippen LogP contribution >= 0.6 is 11.3 Å². The first kappa shape index (κ1) is 15.8. The number of nitrogens with zero attached hydrogens (tertiary/aromatic N) is 3. The number of benzene rings is 1. The van der Waals surface area contributed by atoms with Crippen LogP contribution in [-0.2, 0) is 9.53 Å². The number of carbonyl (C=O) groups excluding carboxylic acids is 1. The van der Waals surface area contributed by atoms with Gasteiger partial charge in [-0.1, -0.05) is 23.5 Å². The van der Waals surface area contributed by atoms with Gasteiger partial charge >= 0.3 is 0 Å². The highest BCUT2D eigenvalue weighted by molar-refractivity contribution is 7.19. The first-order valence-electron chi connectivity index (χ1n) is 8.69. The number of nitrogens with one attached hydrogen (secondary N) is 1. The van der Waals surface area contributed by atoms with Crippen LogP contribution in [0.4, 0.5) is 5.13 Å². The summed E-state index contributed by atoms with van der Waals surface area (Å²) in [6.07, 6.45) is 5.50. The molecule has 1 N–H and O–H groups in total. The molecule has 1 saturated carbocycles. The summed E-state index contributed by atoms with van der Waals surface area (Å²) in [5, 5.41) is 4.63. The number of amides is 1. The molecule has 0 atom stereocenters. The Labute approximate surface area is 154 Å². The van der Waals surface area contributed by atoms with Crippen molar-refractivity contribution in [3.05, 3.63) is 36.4 Å². The fourth-order valence-corrected chi connectivity index (χ4v) is 4.55. The summed E-state index contributed by atoms with van der Waals surface area (Å²) in [4.78, 5) is 26.5. The van der Waals surface area contributed by atoms with Gasteiger partial charge in [0.1, 0.15) is 5.82 Å². The maximum atomic E-state index is 12.4.